The number of nitrogens with one attached hydrogen (secondary N) is 1. The first kappa shape index (κ1) is 19.3. The molecule has 6 nitrogen and oxygen atoms in total. The lowest BCUT2D eigenvalue weighted by Gasteiger charge is -2.53. The maximum absolute atomic E-state index is 12.9. The fourth-order valence-electron chi connectivity index (χ4n) is 4.72. The molecule has 5 rings (SSSR count). The van der Waals surface area contributed by atoms with E-state index in [1.165, 1.54) is 0 Å². The van der Waals surface area contributed by atoms with Crippen LogP contribution < -0.4 is 10.5 Å². The average molecular weight is 424 g/mol. The van der Waals surface area contributed by atoms with Crippen molar-refractivity contribution in [2.45, 2.75) is 24.7 Å². The van der Waals surface area contributed by atoms with Gasteiger partial charge in [-0.15, -0.1) is 0 Å². The summed E-state index contributed by atoms with van der Waals surface area (Å²) in [5.74, 6) is 0. The van der Waals surface area contributed by atoms with Gasteiger partial charge in [-0.05, 0) is 38.0 Å². The minimum Gasteiger partial charge on any atom is -0.371 e. The monoisotopic (exact) mass is 423 g/mol. The maximum Gasteiger partial charge on any atom is 0.250 e. The van der Waals surface area contributed by atoms with E-state index in [1.54, 1.807) is 22.5 Å². The quantitative estimate of drug-likeness (QED) is 0.703. The van der Waals surface area contributed by atoms with Crippen LogP contribution in [0.15, 0.2) is 64.3 Å². The lowest BCUT2D eigenvalue weighted by Crippen LogP contribution is -2.61. The Bertz CT molecular complexity index is 1250. The van der Waals surface area contributed by atoms with Crippen LogP contribution in [-0.2, 0) is 10.0 Å². The predicted octanol–water partition coefficient (Wildman–Crippen LogP) is 3.13. The van der Waals surface area contributed by atoms with Crippen molar-refractivity contribution in [1.82, 2.24) is 9.29 Å². The molecule has 0 radical (unpaired) electrons. The highest BCUT2D eigenvalue weighted by Crippen LogP contribution is 2.44. The Hall–Kier alpha value is -2.64. The predicted molar refractivity (Wildman–Crippen MR) is 118 cm³/mol. The number of rotatable bonds is 3. The number of fused-ring (bicyclic) bond motifs is 1. The van der Waals surface area contributed by atoms with Crippen LogP contribution in [0.5, 0.6) is 0 Å². The SMILES string of the molecule is Cc1ccc(S(=O)(=O)N2CC3(CCN(c4cc(=O)[nH]c5ccccc45)CC3)C2)cc1. The zero-order chi connectivity index (χ0) is 20.9. The average Bonchev–Trinajstić information content (AvgIpc) is 2.72. The second-order valence-electron chi connectivity index (χ2n) is 8.64. The Labute approximate surface area is 176 Å². The molecule has 2 fully saturated rings. The summed E-state index contributed by atoms with van der Waals surface area (Å²) in [6, 6.07) is 16.6. The third-order valence-electron chi connectivity index (χ3n) is 6.58. The molecule has 3 aromatic rings. The van der Waals surface area contributed by atoms with Crippen molar-refractivity contribution >= 4 is 26.6 Å². The Morgan fingerprint density at radius 3 is 2.33 bits per heavy atom. The number of anilines is 1. The zero-order valence-corrected chi connectivity index (χ0v) is 17.8. The topological polar surface area (TPSA) is 73.5 Å². The molecule has 2 aliphatic rings. The van der Waals surface area contributed by atoms with Crippen LogP contribution in [-0.4, -0.2) is 43.9 Å². The van der Waals surface area contributed by atoms with Gasteiger partial charge in [0.2, 0.25) is 15.6 Å². The fraction of sp³-hybridized carbons (Fsp3) is 0.348. The van der Waals surface area contributed by atoms with Crippen molar-refractivity contribution < 1.29 is 8.42 Å². The van der Waals surface area contributed by atoms with Crippen molar-refractivity contribution in [2.24, 2.45) is 5.41 Å². The Kier molecular flexibility index (Phi) is 4.48. The molecule has 3 heterocycles. The van der Waals surface area contributed by atoms with E-state index in [0.717, 1.165) is 48.1 Å². The van der Waals surface area contributed by atoms with Crippen molar-refractivity contribution in [3.05, 3.63) is 70.5 Å². The number of sulfonamides is 1. The summed E-state index contributed by atoms with van der Waals surface area (Å²) in [4.78, 5) is 17.6. The first-order chi connectivity index (χ1) is 14.4. The number of aryl methyl sites for hydroxylation is 1. The van der Waals surface area contributed by atoms with Gasteiger partial charge < -0.3 is 9.88 Å². The molecule has 1 spiro atoms. The minimum atomic E-state index is -3.42. The van der Waals surface area contributed by atoms with E-state index < -0.39 is 10.0 Å². The summed E-state index contributed by atoms with van der Waals surface area (Å²) in [6.45, 7) is 4.75. The van der Waals surface area contributed by atoms with Crippen molar-refractivity contribution in [2.75, 3.05) is 31.1 Å². The molecule has 2 saturated heterocycles. The number of aromatic nitrogens is 1. The van der Waals surface area contributed by atoms with Gasteiger partial charge in [0.25, 0.3) is 0 Å². The van der Waals surface area contributed by atoms with E-state index in [2.05, 4.69) is 9.88 Å². The maximum atomic E-state index is 12.9. The van der Waals surface area contributed by atoms with E-state index in [0.29, 0.717) is 18.0 Å². The van der Waals surface area contributed by atoms with Gasteiger partial charge in [-0.1, -0.05) is 35.9 Å². The number of H-pyrrole nitrogens is 1. The van der Waals surface area contributed by atoms with Gasteiger partial charge >= 0.3 is 0 Å². The number of para-hydroxylation sites is 1. The van der Waals surface area contributed by atoms with E-state index in [9.17, 15) is 13.2 Å². The zero-order valence-electron chi connectivity index (χ0n) is 17.0. The normalized spacial score (nSPS) is 19.2. The summed E-state index contributed by atoms with van der Waals surface area (Å²) < 4.78 is 27.4. The highest BCUT2D eigenvalue weighted by Gasteiger charge is 2.49. The smallest absolute Gasteiger partial charge is 0.250 e. The molecule has 1 N–H and O–H groups in total. The lowest BCUT2D eigenvalue weighted by molar-refractivity contribution is 0.0437. The van der Waals surface area contributed by atoms with Crippen molar-refractivity contribution in [3.63, 3.8) is 0 Å². The van der Waals surface area contributed by atoms with Crippen LogP contribution in [0.25, 0.3) is 10.9 Å². The second-order valence-corrected chi connectivity index (χ2v) is 10.6. The van der Waals surface area contributed by atoms with Gasteiger partial charge in [0, 0.05) is 43.0 Å². The number of benzene rings is 2. The van der Waals surface area contributed by atoms with Gasteiger partial charge in [-0.25, -0.2) is 8.42 Å². The van der Waals surface area contributed by atoms with Crippen LogP contribution in [0.4, 0.5) is 5.69 Å². The summed E-state index contributed by atoms with van der Waals surface area (Å²) in [5.41, 5.74) is 2.81. The molecule has 156 valence electrons. The molecule has 30 heavy (non-hydrogen) atoms. The van der Waals surface area contributed by atoms with Gasteiger partial charge in [0.05, 0.1) is 16.1 Å². The number of piperidine rings is 1. The van der Waals surface area contributed by atoms with Gasteiger partial charge in [0.1, 0.15) is 0 Å². The molecule has 0 unspecified atom stereocenters. The van der Waals surface area contributed by atoms with Gasteiger partial charge in [-0.2, -0.15) is 4.31 Å². The van der Waals surface area contributed by atoms with E-state index >= 15 is 0 Å². The Balaban J connectivity index is 1.30. The molecule has 0 bridgehead atoms. The van der Waals surface area contributed by atoms with Crippen molar-refractivity contribution in [3.8, 4) is 0 Å². The molecule has 2 aliphatic heterocycles. The molecular weight excluding hydrogens is 398 g/mol. The number of hydrogen-bond donors (Lipinski definition) is 1. The molecule has 0 saturated carbocycles. The van der Waals surface area contributed by atoms with E-state index in [-0.39, 0.29) is 11.0 Å². The number of aromatic amines is 1. The fourth-order valence-corrected chi connectivity index (χ4v) is 6.38. The summed E-state index contributed by atoms with van der Waals surface area (Å²) in [6.07, 6.45) is 1.85. The third-order valence-corrected chi connectivity index (χ3v) is 8.38. The standard InChI is InChI=1S/C23H25N3O3S/c1-17-6-8-18(9-7-17)30(28,29)26-15-23(16-26)10-12-25(13-11-23)21-14-22(27)24-20-5-3-2-4-19(20)21/h2-9,14H,10-13,15-16H2,1H3,(H,24,27). The van der Waals surface area contributed by atoms with Gasteiger partial charge in [0.15, 0.2) is 0 Å². The summed E-state index contributed by atoms with van der Waals surface area (Å²) >= 11 is 0. The second kappa shape index (κ2) is 6.96. The molecule has 2 aromatic carbocycles. The highest BCUT2D eigenvalue weighted by atomic mass is 32.2. The Morgan fingerprint density at radius 1 is 0.967 bits per heavy atom. The number of hydrogen-bond acceptors (Lipinski definition) is 4. The lowest BCUT2D eigenvalue weighted by atomic mass is 9.73. The Morgan fingerprint density at radius 2 is 1.63 bits per heavy atom. The number of nitrogens with zero attached hydrogens (tertiary/aromatic N) is 2. The van der Waals surface area contributed by atoms with Crippen molar-refractivity contribution in [1.29, 1.82) is 0 Å². The number of pyridine rings is 1. The first-order valence-electron chi connectivity index (χ1n) is 10.3. The first-order valence-corrected chi connectivity index (χ1v) is 11.7. The van der Waals surface area contributed by atoms with E-state index in [1.807, 2.05) is 43.3 Å². The molecule has 0 atom stereocenters. The molecule has 1 aromatic heterocycles. The molecule has 0 aliphatic carbocycles. The summed E-state index contributed by atoms with van der Waals surface area (Å²) in [7, 11) is -3.42. The van der Waals surface area contributed by atoms with E-state index in [4.69, 9.17) is 0 Å². The summed E-state index contributed by atoms with van der Waals surface area (Å²) in [5, 5.41) is 1.05. The van der Waals surface area contributed by atoms with Crippen LogP contribution >= 0.6 is 0 Å². The molecule has 0 amide bonds. The molecule has 7 heteroatoms. The highest BCUT2D eigenvalue weighted by molar-refractivity contribution is 7.89. The molecular formula is C23H25N3O3S. The minimum absolute atomic E-state index is 0.0469. The largest absolute Gasteiger partial charge is 0.371 e. The van der Waals surface area contributed by atoms with Gasteiger partial charge in [-0.3, -0.25) is 4.79 Å². The third kappa shape index (κ3) is 3.22. The van der Waals surface area contributed by atoms with Crippen LogP contribution in [0.2, 0.25) is 0 Å². The van der Waals surface area contributed by atoms with Crippen LogP contribution in [0, 0.1) is 12.3 Å². The van der Waals surface area contributed by atoms with Crippen LogP contribution in [0.1, 0.15) is 18.4 Å². The van der Waals surface area contributed by atoms with Crippen LogP contribution in [0.3, 0.4) is 0 Å².